The Hall–Kier alpha value is -2.42. The topological polar surface area (TPSA) is 108 Å². The predicted octanol–water partition coefficient (Wildman–Crippen LogP) is 1.24. The third-order valence-corrected chi connectivity index (χ3v) is 4.93. The Morgan fingerprint density at radius 1 is 1.38 bits per heavy atom. The van der Waals surface area contributed by atoms with Crippen molar-refractivity contribution in [3.63, 3.8) is 0 Å². The van der Waals surface area contributed by atoms with Crippen molar-refractivity contribution in [2.45, 2.75) is 37.8 Å². The van der Waals surface area contributed by atoms with E-state index in [9.17, 15) is 14.4 Å². The zero-order valence-corrected chi connectivity index (χ0v) is 14.0. The first-order valence-electron chi connectivity index (χ1n) is 7.70. The molecule has 0 aromatic carbocycles. The first kappa shape index (κ1) is 16.4. The van der Waals surface area contributed by atoms with Gasteiger partial charge in [0.2, 0.25) is 0 Å². The number of hydrogen-bond acceptors (Lipinski definition) is 6. The van der Waals surface area contributed by atoms with Gasteiger partial charge in [0.05, 0.1) is 11.8 Å². The highest BCUT2D eigenvalue weighted by Gasteiger charge is 2.28. The summed E-state index contributed by atoms with van der Waals surface area (Å²) >= 11 is 1.25. The summed E-state index contributed by atoms with van der Waals surface area (Å²) in [6.07, 6.45) is 5.88. The van der Waals surface area contributed by atoms with Crippen molar-refractivity contribution in [3.05, 3.63) is 39.6 Å². The van der Waals surface area contributed by atoms with Crippen molar-refractivity contribution in [1.29, 1.82) is 0 Å². The highest BCUT2D eigenvalue weighted by molar-refractivity contribution is 7.03. The second kappa shape index (κ2) is 7.00. The Balaban J connectivity index is 1.52. The van der Waals surface area contributed by atoms with E-state index < -0.39 is 5.76 Å². The van der Waals surface area contributed by atoms with Gasteiger partial charge in [-0.15, -0.1) is 0 Å². The summed E-state index contributed by atoms with van der Waals surface area (Å²) in [6, 6.07) is 0.178. The van der Waals surface area contributed by atoms with Gasteiger partial charge in [-0.3, -0.25) is 14.6 Å². The number of oxazole rings is 1. The lowest BCUT2D eigenvalue weighted by Crippen LogP contribution is -2.44. The predicted molar refractivity (Wildman–Crippen MR) is 87.0 cm³/mol. The average Bonchev–Trinajstić information content (AvgIpc) is 3.26. The Kier molecular flexibility index (Phi) is 4.79. The number of rotatable bonds is 4. The first-order valence-corrected chi connectivity index (χ1v) is 8.53. The van der Waals surface area contributed by atoms with E-state index in [4.69, 9.17) is 0 Å². The minimum Gasteiger partial charge on any atom is -0.416 e. The van der Waals surface area contributed by atoms with Crippen LogP contribution in [0.5, 0.6) is 0 Å². The van der Waals surface area contributed by atoms with Crippen LogP contribution in [-0.2, 0) is 0 Å². The molecule has 2 amide bonds. The monoisotopic (exact) mass is 350 g/mol. The maximum Gasteiger partial charge on any atom is 0.416 e. The van der Waals surface area contributed by atoms with Crippen LogP contribution in [0.1, 0.15) is 46.5 Å². The first-order chi connectivity index (χ1) is 11.5. The maximum absolute atomic E-state index is 12.3. The molecular weight excluding hydrogens is 332 g/mol. The van der Waals surface area contributed by atoms with E-state index in [1.54, 1.807) is 23.5 Å². The standard InChI is InChI=1S/C15H18N4O4S/c1-19(14(21)12-7-23-15(22)18-12)11-4-2-10(3-5-11)17-13(20)9-6-16-24-8-9/h6-8,10-11H,2-5H2,1H3,(H,17,20)(H,18,22). The Morgan fingerprint density at radius 3 is 2.71 bits per heavy atom. The minimum absolute atomic E-state index is 0.0758. The molecule has 2 aromatic heterocycles. The van der Waals surface area contributed by atoms with Crippen molar-refractivity contribution >= 4 is 23.3 Å². The van der Waals surface area contributed by atoms with Gasteiger partial charge in [-0.05, 0) is 37.2 Å². The summed E-state index contributed by atoms with van der Waals surface area (Å²) in [5, 5.41) is 4.73. The van der Waals surface area contributed by atoms with Gasteiger partial charge in [-0.2, -0.15) is 0 Å². The molecule has 128 valence electrons. The molecule has 2 heterocycles. The highest BCUT2D eigenvalue weighted by atomic mass is 32.1. The molecule has 1 saturated carbocycles. The van der Waals surface area contributed by atoms with Crippen molar-refractivity contribution in [2.24, 2.45) is 0 Å². The third kappa shape index (κ3) is 3.56. The van der Waals surface area contributed by atoms with Gasteiger partial charge >= 0.3 is 5.76 Å². The Morgan fingerprint density at radius 2 is 2.12 bits per heavy atom. The van der Waals surface area contributed by atoms with Crippen LogP contribution >= 0.6 is 11.5 Å². The van der Waals surface area contributed by atoms with Crippen LogP contribution in [-0.4, -0.2) is 45.2 Å². The van der Waals surface area contributed by atoms with Crippen LogP contribution in [0, 0.1) is 0 Å². The number of aromatic nitrogens is 2. The molecule has 1 aliphatic carbocycles. The molecule has 0 bridgehead atoms. The second-order valence-electron chi connectivity index (χ2n) is 5.87. The summed E-state index contributed by atoms with van der Waals surface area (Å²) in [5.41, 5.74) is 0.737. The largest absolute Gasteiger partial charge is 0.416 e. The number of carbonyl (C=O) groups is 2. The van der Waals surface area contributed by atoms with Gasteiger partial charge in [-0.25, -0.2) is 9.17 Å². The van der Waals surface area contributed by atoms with E-state index in [1.165, 1.54) is 11.5 Å². The van der Waals surface area contributed by atoms with Gasteiger partial charge in [-0.1, -0.05) is 0 Å². The second-order valence-corrected chi connectivity index (χ2v) is 6.53. The lowest BCUT2D eigenvalue weighted by atomic mass is 9.90. The van der Waals surface area contributed by atoms with Gasteiger partial charge < -0.3 is 14.6 Å². The van der Waals surface area contributed by atoms with Crippen molar-refractivity contribution in [3.8, 4) is 0 Å². The number of aromatic amines is 1. The number of nitrogens with one attached hydrogen (secondary N) is 2. The lowest BCUT2D eigenvalue weighted by molar-refractivity contribution is 0.0669. The molecule has 24 heavy (non-hydrogen) atoms. The van der Waals surface area contributed by atoms with E-state index in [2.05, 4.69) is 19.1 Å². The minimum atomic E-state index is -0.638. The van der Waals surface area contributed by atoms with Gasteiger partial charge in [0.1, 0.15) is 12.0 Å². The number of carbonyl (C=O) groups excluding carboxylic acids is 2. The average molecular weight is 350 g/mol. The van der Waals surface area contributed by atoms with Crippen molar-refractivity contribution in [2.75, 3.05) is 7.05 Å². The molecule has 1 fully saturated rings. The zero-order chi connectivity index (χ0) is 17.1. The van der Waals surface area contributed by atoms with Crippen LogP contribution < -0.4 is 11.1 Å². The van der Waals surface area contributed by atoms with Gasteiger partial charge in [0.15, 0.2) is 0 Å². The molecule has 1 aliphatic rings. The van der Waals surface area contributed by atoms with Crippen LogP contribution in [0.2, 0.25) is 0 Å². The van der Waals surface area contributed by atoms with Crippen LogP contribution in [0.3, 0.4) is 0 Å². The van der Waals surface area contributed by atoms with E-state index in [-0.39, 0.29) is 29.6 Å². The zero-order valence-electron chi connectivity index (χ0n) is 13.2. The SMILES string of the molecule is CN(C(=O)c1coc(=O)[nH]1)C1CCC(NC(=O)c2cnsc2)CC1. The summed E-state index contributed by atoms with van der Waals surface area (Å²) < 4.78 is 8.53. The number of nitrogens with zero attached hydrogens (tertiary/aromatic N) is 2. The van der Waals surface area contributed by atoms with Crippen LogP contribution in [0.4, 0.5) is 0 Å². The molecule has 2 aromatic rings. The fourth-order valence-electron chi connectivity index (χ4n) is 2.93. The van der Waals surface area contributed by atoms with E-state index in [0.29, 0.717) is 5.56 Å². The molecule has 0 aliphatic heterocycles. The summed E-state index contributed by atoms with van der Waals surface area (Å²) in [7, 11) is 1.72. The molecule has 0 saturated heterocycles. The summed E-state index contributed by atoms with van der Waals surface area (Å²) in [5.74, 6) is -1.01. The molecule has 2 N–H and O–H groups in total. The molecule has 0 radical (unpaired) electrons. The summed E-state index contributed by atoms with van der Waals surface area (Å²) in [6.45, 7) is 0. The van der Waals surface area contributed by atoms with Gasteiger partial charge in [0.25, 0.3) is 11.8 Å². The van der Waals surface area contributed by atoms with E-state index in [0.717, 1.165) is 31.9 Å². The van der Waals surface area contributed by atoms with E-state index in [1.807, 2.05) is 0 Å². The summed E-state index contributed by atoms with van der Waals surface area (Å²) in [4.78, 5) is 39.3. The highest BCUT2D eigenvalue weighted by Crippen LogP contribution is 2.23. The van der Waals surface area contributed by atoms with Crippen LogP contribution in [0.25, 0.3) is 0 Å². The number of hydrogen-bond donors (Lipinski definition) is 2. The Bertz CT molecular complexity index is 759. The molecule has 0 atom stereocenters. The fraction of sp³-hybridized carbons (Fsp3) is 0.467. The normalized spacial score (nSPS) is 20.5. The fourth-order valence-corrected chi connectivity index (χ4v) is 3.45. The number of amides is 2. The smallest absolute Gasteiger partial charge is 0.416 e. The van der Waals surface area contributed by atoms with Crippen molar-refractivity contribution in [1.82, 2.24) is 19.6 Å². The number of H-pyrrole nitrogens is 1. The molecule has 3 rings (SSSR count). The quantitative estimate of drug-likeness (QED) is 0.862. The molecule has 9 heteroatoms. The lowest BCUT2D eigenvalue weighted by Gasteiger charge is -2.34. The Labute approximate surface area is 142 Å². The maximum atomic E-state index is 12.3. The molecular formula is C15H18N4O4S. The van der Waals surface area contributed by atoms with Gasteiger partial charge in [0, 0.05) is 24.5 Å². The molecule has 8 nitrogen and oxygen atoms in total. The van der Waals surface area contributed by atoms with Crippen LogP contribution in [0.15, 0.2) is 27.1 Å². The third-order valence-electron chi connectivity index (χ3n) is 4.35. The molecule has 0 unspecified atom stereocenters. The van der Waals surface area contributed by atoms with Crippen molar-refractivity contribution < 1.29 is 14.0 Å². The van der Waals surface area contributed by atoms with E-state index >= 15 is 0 Å². The molecule has 0 spiro atoms.